The second kappa shape index (κ2) is 8.90. The summed E-state index contributed by atoms with van der Waals surface area (Å²) in [5.41, 5.74) is 4.92. The summed E-state index contributed by atoms with van der Waals surface area (Å²) in [6.45, 7) is 3.05. The smallest absolute Gasteiger partial charge is 0.253 e. The summed E-state index contributed by atoms with van der Waals surface area (Å²) in [7, 11) is 0. The van der Waals surface area contributed by atoms with E-state index in [0.29, 0.717) is 30.1 Å². The Morgan fingerprint density at radius 2 is 1.71 bits per heavy atom. The summed E-state index contributed by atoms with van der Waals surface area (Å²) in [6, 6.07) is 17.8. The number of rotatable bonds is 5. The first-order valence-corrected chi connectivity index (χ1v) is 11.4. The van der Waals surface area contributed by atoms with Crippen molar-refractivity contribution in [1.82, 2.24) is 34.7 Å². The molecule has 35 heavy (non-hydrogen) atoms. The Kier molecular flexibility index (Phi) is 5.30. The summed E-state index contributed by atoms with van der Waals surface area (Å²) in [4.78, 5) is 26.2. The minimum absolute atomic E-state index is 0.0479. The van der Waals surface area contributed by atoms with Crippen LogP contribution < -0.4 is 10.2 Å². The van der Waals surface area contributed by atoms with Gasteiger partial charge in [0.25, 0.3) is 5.91 Å². The van der Waals surface area contributed by atoms with Crippen LogP contribution in [-0.4, -0.2) is 66.8 Å². The van der Waals surface area contributed by atoms with Crippen LogP contribution >= 0.6 is 0 Å². The number of hydrogen-bond donors (Lipinski definition) is 2. The van der Waals surface area contributed by atoms with Crippen molar-refractivity contribution >= 4 is 28.7 Å². The molecule has 0 spiro atoms. The summed E-state index contributed by atoms with van der Waals surface area (Å²) in [5, 5.41) is 14.4. The molecule has 2 N–H and O–H groups in total. The number of H-pyrrole nitrogens is 1. The highest BCUT2D eigenvalue weighted by Crippen LogP contribution is 2.24. The maximum atomic E-state index is 13.0. The Balaban J connectivity index is 1.14. The third-order valence-corrected chi connectivity index (χ3v) is 6.18. The third kappa shape index (κ3) is 4.05. The van der Waals surface area contributed by atoms with Gasteiger partial charge in [0.2, 0.25) is 0 Å². The number of para-hydroxylation sites is 1. The fraction of sp³-hybridized carbons (Fsp3) is 0.160. The molecular weight excluding hydrogens is 442 g/mol. The van der Waals surface area contributed by atoms with E-state index in [1.165, 1.54) is 12.0 Å². The lowest BCUT2D eigenvalue weighted by atomic mass is 10.1. The molecule has 3 aromatic heterocycles. The molecule has 0 unspecified atom stereocenters. The van der Waals surface area contributed by atoms with Crippen LogP contribution in [-0.2, 0) is 0 Å². The number of aromatic nitrogens is 6. The Hall–Kier alpha value is -4.73. The van der Waals surface area contributed by atoms with Crippen molar-refractivity contribution in [3.8, 4) is 11.3 Å². The normalized spacial score (nSPS) is 13.8. The lowest BCUT2D eigenvalue weighted by molar-refractivity contribution is 0.0747. The van der Waals surface area contributed by atoms with Gasteiger partial charge in [0.1, 0.15) is 6.33 Å². The van der Waals surface area contributed by atoms with Crippen LogP contribution in [0.25, 0.3) is 16.9 Å². The summed E-state index contributed by atoms with van der Waals surface area (Å²) < 4.78 is 1.72. The molecule has 1 aliphatic heterocycles. The zero-order valence-corrected chi connectivity index (χ0v) is 18.9. The topological polar surface area (TPSA) is 107 Å². The minimum Gasteiger partial charge on any atom is -0.368 e. The molecule has 1 amide bonds. The minimum atomic E-state index is 0.0479. The van der Waals surface area contributed by atoms with E-state index in [2.05, 4.69) is 47.6 Å². The molecule has 0 bridgehead atoms. The van der Waals surface area contributed by atoms with Gasteiger partial charge in [-0.2, -0.15) is 10.2 Å². The van der Waals surface area contributed by atoms with Crippen molar-refractivity contribution in [2.24, 2.45) is 0 Å². The Morgan fingerprint density at radius 3 is 2.46 bits per heavy atom. The Labute approximate surface area is 201 Å². The zero-order valence-electron chi connectivity index (χ0n) is 18.9. The van der Waals surface area contributed by atoms with Crippen molar-refractivity contribution in [1.29, 1.82) is 0 Å². The predicted molar refractivity (Wildman–Crippen MR) is 133 cm³/mol. The SMILES string of the molecule is O=C(c1ccc(Nc2ncc(-c3cn[nH]c3)n3ncnc23)cc1)N1CCN(c2ccccc2)CC1. The number of fused-ring (bicyclic) bond motifs is 1. The van der Waals surface area contributed by atoms with Gasteiger partial charge in [-0.1, -0.05) is 18.2 Å². The lowest BCUT2D eigenvalue weighted by Gasteiger charge is -2.36. The number of aromatic amines is 1. The first-order chi connectivity index (χ1) is 17.3. The van der Waals surface area contributed by atoms with Crippen LogP contribution in [0.3, 0.4) is 0 Å². The molecule has 5 aromatic rings. The largest absolute Gasteiger partial charge is 0.368 e. The maximum absolute atomic E-state index is 13.0. The van der Waals surface area contributed by atoms with Crippen LogP contribution in [0.4, 0.5) is 17.2 Å². The number of nitrogens with zero attached hydrogens (tertiary/aromatic N) is 7. The summed E-state index contributed by atoms with van der Waals surface area (Å²) >= 11 is 0. The highest BCUT2D eigenvalue weighted by Gasteiger charge is 2.22. The molecule has 0 saturated carbocycles. The van der Waals surface area contributed by atoms with E-state index in [1.54, 1.807) is 23.1 Å². The molecule has 0 atom stereocenters. The van der Waals surface area contributed by atoms with Crippen molar-refractivity contribution < 1.29 is 4.79 Å². The van der Waals surface area contributed by atoms with Crippen molar-refractivity contribution in [2.75, 3.05) is 36.4 Å². The van der Waals surface area contributed by atoms with Gasteiger partial charge in [-0.05, 0) is 36.4 Å². The van der Waals surface area contributed by atoms with Crippen molar-refractivity contribution in [3.63, 3.8) is 0 Å². The zero-order chi connectivity index (χ0) is 23.6. The predicted octanol–water partition coefficient (Wildman–Crippen LogP) is 3.22. The van der Waals surface area contributed by atoms with E-state index in [4.69, 9.17) is 0 Å². The number of piperazine rings is 1. The quantitative estimate of drug-likeness (QED) is 0.410. The number of carbonyl (C=O) groups excluding carboxylic acids is 1. The van der Waals surface area contributed by atoms with Gasteiger partial charge in [0.05, 0.1) is 18.1 Å². The Bertz CT molecular complexity index is 1440. The number of carbonyl (C=O) groups is 1. The van der Waals surface area contributed by atoms with Crippen LogP contribution in [0.5, 0.6) is 0 Å². The first-order valence-electron chi connectivity index (χ1n) is 11.4. The maximum Gasteiger partial charge on any atom is 0.253 e. The first kappa shape index (κ1) is 20.8. The van der Waals surface area contributed by atoms with E-state index >= 15 is 0 Å². The number of nitrogens with one attached hydrogen (secondary N) is 2. The second-order valence-corrected chi connectivity index (χ2v) is 8.29. The Morgan fingerprint density at radius 1 is 0.914 bits per heavy atom. The molecule has 6 rings (SSSR count). The molecule has 1 fully saturated rings. The van der Waals surface area contributed by atoms with Crippen molar-refractivity contribution in [3.05, 3.63) is 85.1 Å². The van der Waals surface area contributed by atoms with Crippen LogP contribution in [0.15, 0.2) is 79.5 Å². The molecule has 1 aliphatic rings. The van der Waals surface area contributed by atoms with Gasteiger partial charge >= 0.3 is 0 Å². The molecule has 1 saturated heterocycles. The summed E-state index contributed by atoms with van der Waals surface area (Å²) in [6.07, 6.45) is 6.71. The van der Waals surface area contributed by atoms with Crippen LogP contribution in [0.2, 0.25) is 0 Å². The average molecular weight is 466 g/mol. The van der Waals surface area contributed by atoms with Gasteiger partial charge in [0, 0.05) is 54.9 Å². The number of benzene rings is 2. The lowest BCUT2D eigenvalue weighted by Crippen LogP contribution is -2.48. The monoisotopic (exact) mass is 465 g/mol. The molecular formula is C25H23N9O. The molecule has 174 valence electrons. The molecule has 0 radical (unpaired) electrons. The van der Waals surface area contributed by atoms with Crippen molar-refractivity contribution in [2.45, 2.75) is 0 Å². The van der Waals surface area contributed by atoms with E-state index < -0.39 is 0 Å². The van der Waals surface area contributed by atoms with E-state index in [0.717, 1.165) is 30.0 Å². The van der Waals surface area contributed by atoms with E-state index in [1.807, 2.05) is 47.4 Å². The second-order valence-electron chi connectivity index (χ2n) is 8.29. The fourth-order valence-corrected chi connectivity index (χ4v) is 4.32. The van der Waals surface area contributed by atoms with Crippen LogP contribution in [0, 0.1) is 0 Å². The molecule has 10 heteroatoms. The number of hydrogen-bond acceptors (Lipinski definition) is 7. The fourth-order valence-electron chi connectivity index (χ4n) is 4.32. The third-order valence-electron chi connectivity index (χ3n) is 6.18. The van der Waals surface area contributed by atoms with Gasteiger partial charge in [-0.3, -0.25) is 9.89 Å². The van der Waals surface area contributed by atoms with Gasteiger partial charge in [-0.25, -0.2) is 14.5 Å². The summed E-state index contributed by atoms with van der Waals surface area (Å²) in [5.74, 6) is 0.623. The van der Waals surface area contributed by atoms with Gasteiger partial charge < -0.3 is 15.1 Å². The van der Waals surface area contributed by atoms with E-state index in [9.17, 15) is 4.79 Å². The number of anilines is 3. The molecule has 2 aromatic carbocycles. The number of amides is 1. The highest BCUT2D eigenvalue weighted by atomic mass is 16.2. The molecule has 4 heterocycles. The van der Waals surface area contributed by atoms with Gasteiger partial charge in [-0.15, -0.1) is 0 Å². The van der Waals surface area contributed by atoms with Crippen LogP contribution in [0.1, 0.15) is 10.4 Å². The van der Waals surface area contributed by atoms with E-state index in [-0.39, 0.29) is 5.91 Å². The molecule has 10 nitrogen and oxygen atoms in total. The highest BCUT2D eigenvalue weighted by molar-refractivity contribution is 5.95. The van der Waals surface area contributed by atoms with Gasteiger partial charge in [0.15, 0.2) is 11.5 Å². The standard InChI is InChI=1S/C25H23N9O/c35-25(33-12-10-32(11-13-33)21-4-2-1-3-5-21)18-6-8-20(9-7-18)31-23-24-27-17-30-34(24)22(16-26-23)19-14-28-29-15-19/h1-9,14-17H,10-13H2,(H,26,31)(H,28,29). The molecule has 0 aliphatic carbocycles. The average Bonchev–Trinajstić information content (AvgIpc) is 3.63.